The van der Waals surface area contributed by atoms with Crippen molar-refractivity contribution in [2.24, 2.45) is 0 Å². The summed E-state index contributed by atoms with van der Waals surface area (Å²) in [4.78, 5) is 14.1. The Morgan fingerprint density at radius 1 is 1.00 bits per heavy atom. The number of nitrogens with zero attached hydrogens (tertiary/aromatic N) is 1. The highest BCUT2D eigenvalue weighted by atomic mass is 16.2. The van der Waals surface area contributed by atoms with E-state index in [1.165, 1.54) is 5.56 Å². The van der Waals surface area contributed by atoms with Gasteiger partial charge >= 0.3 is 0 Å². The lowest BCUT2D eigenvalue weighted by Gasteiger charge is -2.25. The highest BCUT2D eigenvalue weighted by Gasteiger charge is 2.18. The lowest BCUT2D eigenvalue weighted by atomic mass is 10.0. The standard InChI is InChI=1S/C17H19NO/c1-13-9-11-15(12-10-13)14(2)18(3)17(19)16-7-5-4-6-8-16/h4-12,14H,1-3H3. The Kier molecular flexibility index (Phi) is 4.00. The van der Waals surface area contributed by atoms with Gasteiger partial charge < -0.3 is 4.90 Å². The summed E-state index contributed by atoms with van der Waals surface area (Å²) in [6.45, 7) is 4.11. The first kappa shape index (κ1) is 13.3. The van der Waals surface area contributed by atoms with Crippen molar-refractivity contribution in [1.29, 1.82) is 0 Å². The molecule has 2 rings (SSSR count). The van der Waals surface area contributed by atoms with Crippen LogP contribution >= 0.6 is 0 Å². The Labute approximate surface area is 114 Å². The summed E-state index contributed by atoms with van der Waals surface area (Å²) in [5, 5.41) is 0. The predicted octanol–water partition coefficient (Wildman–Crippen LogP) is 3.83. The fourth-order valence-electron chi connectivity index (χ4n) is 2.03. The molecule has 0 bridgehead atoms. The molecule has 0 fully saturated rings. The van der Waals surface area contributed by atoms with Gasteiger partial charge in [0.1, 0.15) is 0 Å². The van der Waals surface area contributed by atoms with Crippen molar-refractivity contribution in [3.05, 3.63) is 71.3 Å². The van der Waals surface area contributed by atoms with Gasteiger partial charge in [0.15, 0.2) is 0 Å². The van der Waals surface area contributed by atoms with Crippen molar-refractivity contribution >= 4 is 5.91 Å². The molecule has 0 saturated carbocycles. The van der Waals surface area contributed by atoms with Gasteiger partial charge in [-0.15, -0.1) is 0 Å². The van der Waals surface area contributed by atoms with Gasteiger partial charge in [0.05, 0.1) is 6.04 Å². The number of rotatable bonds is 3. The number of hydrogen-bond donors (Lipinski definition) is 0. The fourth-order valence-corrected chi connectivity index (χ4v) is 2.03. The Hall–Kier alpha value is -2.09. The summed E-state index contributed by atoms with van der Waals surface area (Å²) in [6.07, 6.45) is 0. The molecule has 2 aromatic rings. The second-order valence-corrected chi connectivity index (χ2v) is 4.87. The molecule has 0 aromatic heterocycles. The van der Waals surface area contributed by atoms with Crippen molar-refractivity contribution in [3.8, 4) is 0 Å². The van der Waals surface area contributed by atoms with Crippen molar-refractivity contribution in [1.82, 2.24) is 4.90 Å². The van der Waals surface area contributed by atoms with Crippen LogP contribution in [0.4, 0.5) is 0 Å². The van der Waals surface area contributed by atoms with Gasteiger partial charge in [-0.1, -0.05) is 48.0 Å². The van der Waals surface area contributed by atoms with Crippen LogP contribution in [0, 0.1) is 6.92 Å². The van der Waals surface area contributed by atoms with E-state index < -0.39 is 0 Å². The average Bonchev–Trinajstić information content (AvgIpc) is 2.46. The Balaban J connectivity index is 2.17. The molecular weight excluding hydrogens is 234 g/mol. The maximum atomic E-state index is 12.4. The average molecular weight is 253 g/mol. The number of hydrogen-bond acceptors (Lipinski definition) is 1. The van der Waals surface area contributed by atoms with Crippen molar-refractivity contribution in [2.75, 3.05) is 7.05 Å². The summed E-state index contributed by atoms with van der Waals surface area (Å²) in [5.74, 6) is 0.0497. The Morgan fingerprint density at radius 2 is 1.58 bits per heavy atom. The van der Waals surface area contributed by atoms with Crippen LogP contribution in [0.25, 0.3) is 0 Å². The van der Waals surface area contributed by atoms with Gasteiger partial charge in [0.2, 0.25) is 0 Å². The van der Waals surface area contributed by atoms with Crippen molar-refractivity contribution < 1.29 is 4.79 Å². The normalized spacial score (nSPS) is 11.9. The topological polar surface area (TPSA) is 20.3 Å². The predicted molar refractivity (Wildman–Crippen MR) is 78.1 cm³/mol. The van der Waals surface area contributed by atoms with E-state index in [0.717, 1.165) is 11.1 Å². The van der Waals surface area contributed by atoms with Gasteiger partial charge in [0, 0.05) is 12.6 Å². The molecule has 1 amide bonds. The minimum Gasteiger partial charge on any atom is -0.335 e. The highest BCUT2D eigenvalue weighted by Crippen LogP contribution is 2.21. The first-order valence-corrected chi connectivity index (χ1v) is 6.48. The molecule has 0 aliphatic rings. The molecule has 0 spiro atoms. The molecule has 19 heavy (non-hydrogen) atoms. The number of carbonyl (C=O) groups is 1. The summed E-state index contributed by atoms with van der Waals surface area (Å²) >= 11 is 0. The number of carbonyl (C=O) groups excluding carboxylic acids is 1. The molecule has 2 heteroatoms. The highest BCUT2D eigenvalue weighted by molar-refractivity contribution is 5.94. The van der Waals surface area contributed by atoms with Crippen LogP contribution in [0.1, 0.15) is 34.5 Å². The molecule has 2 aromatic carbocycles. The van der Waals surface area contributed by atoms with E-state index in [-0.39, 0.29) is 11.9 Å². The van der Waals surface area contributed by atoms with Crippen LogP contribution < -0.4 is 0 Å². The first-order chi connectivity index (χ1) is 9.09. The number of aryl methyl sites for hydroxylation is 1. The van der Waals surface area contributed by atoms with E-state index in [9.17, 15) is 4.79 Å². The third-order valence-electron chi connectivity index (χ3n) is 3.48. The van der Waals surface area contributed by atoms with Gasteiger partial charge in [-0.2, -0.15) is 0 Å². The lowest BCUT2D eigenvalue weighted by Crippen LogP contribution is -2.29. The second kappa shape index (κ2) is 5.70. The van der Waals surface area contributed by atoms with E-state index in [1.54, 1.807) is 4.90 Å². The Morgan fingerprint density at radius 3 is 2.16 bits per heavy atom. The number of amides is 1. The SMILES string of the molecule is Cc1ccc(C(C)N(C)C(=O)c2ccccc2)cc1. The molecular formula is C17H19NO. The van der Waals surface area contributed by atoms with E-state index in [0.29, 0.717) is 0 Å². The van der Waals surface area contributed by atoms with Crippen LogP contribution in [-0.2, 0) is 0 Å². The largest absolute Gasteiger partial charge is 0.335 e. The van der Waals surface area contributed by atoms with Gasteiger partial charge in [0.25, 0.3) is 5.91 Å². The first-order valence-electron chi connectivity index (χ1n) is 6.48. The van der Waals surface area contributed by atoms with E-state index in [4.69, 9.17) is 0 Å². The second-order valence-electron chi connectivity index (χ2n) is 4.87. The van der Waals surface area contributed by atoms with Gasteiger partial charge in [-0.25, -0.2) is 0 Å². The summed E-state index contributed by atoms with van der Waals surface area (Å²) in [5.41, 5.74) is 3.11. The number of benzene rings is 2. The van der Waals surface area contributed by atoms with Crippen LogP contribution in [-0.4, -0.2) is 17.9 Å². The molecule has 98 valence electrons. The zero-order chi connectivity index (χ0) is 13.8. The van der Waals surface area contributed by atoms with Crippen LogP contribution in [0.5, 0.6) is 0 Å². The lowest BCUT2D eigenvalue weighted by molar-refractivity contribution is 0.0742. The van der Waals surface area contributed by atoms with Gasteiger partial charge in [-0.3, -0.25) is 4.79 Å². The molecule has 0 aliphatic heterocycles. The molecule has 0 radical (unpaired) electrons. The molecule has 0 heterocycles. The third kappa shape index (κ3) is 3.02. The zero-order valence-electron chi connectivity index (χ0n) is 11.6. The van der Waals surface area contributed by atoms with Crippen LogP contribution in [0.2, 0.25) is 0 Å². The summed E-state index contributed by atoms with van der Waals surface area (Å²) in [6, 6.07) is 17.8. The smallest absolute Gasteiger partial charge is 0.254 e. The third-order valence-corrected chi connectivity index (χ3v) is 3.48. The summed E-state index contributed by atoms with van der Waals surface area (Å²) in [7, 11) is 1.85. The van der Waals surface area contributed by atoms with Crippen LogP contribution in [0.3, 0.4) is 0 Å². The van der Waals surface area contributed by atoms with Crippen molar-refractivity contribution in [2.45, 2.75) is 19.9 Å². The summed E-state index contributed by atoms with van der Waals surface area (Å²) < 4.78 is 0. The van der Waals surface area contributed by atoms with E-state index >= 15 is 0 Å². The monoisotopic (exact) mass is 253 g/mol. The maximum Gasteiger partial charge on any atom is 0.254 e. The minimum absolute atomic E-state index is 0.0497. The molecule has 1 unspecified atom stereocenters. The fraction of sp³-hybridized carbons (Fsp3) is 0.235. The zero-order valence-corrected chi connectivity index (χ0v) is 11.6. The van der Waals surface area contributed by atoms with E-state index in [2.05, 4.69) is 31.2 Å². The molecule has 0 saturated heterocycles. The quantitative estimate of drug-likeness (QED) is 0.814. The molecule has 0 N–H and O–H groups in total. The van der Waals surface area contributed by atoms with E-state index in [1.807, 2.05) is 44.3 Å². The van der Waals surface area contributed by atoms with Crippen molar-refractivity contribution in [3.63, 3.8) is 0 Å². The molecule has 0 aliphatic carbocycles. The molecule has 2 nitrogen and oxygen atoms in total. The molecule has 1 atom stereocenters. The Bertz CT molecular complexity index is 545. The minimum atomic E-state index is 0.0497. The maximum absolute atomic E-state index is 12.4. The van der Waals surface area contributed by atoms with Crippen LogP contribution in [0.15, 0.2) is 54.6 Å². The van der Waals surface area contributed by atoms with Gasteiger partial charge in [-0.05, 0) is 31.5 Å².